The number of hydrogen-bond acceptors (Lipinski definition) is 2. The van der Waals surface area contributed by atoms with Gasteiger partial charge in [-0.15, -0.1) is 0 Å². The highest BCUT2D eigenvalue weighted by Gasteiger charge is 2.05. The number of hydrazone groups is 1. The fraction of sp³-hybridized carbons (Fsp3) is 0.333. The molecule has 0 aromatic heterocycles. The molecule has 0 atom stereocenters. The number of carbonyl (C=O) groups is 1. The Morgan fingerprint density at radius 1 is 1.59 bits per heavy atom. The third-order valence-corrected chi connectivity index (χ3v) is 2.31. The van der Waals surface area contributed by atoms with Gasteiger partial charge >= 0.3 is 0 Å². The van der Waals surface area contributed by atoms with Crippen molar-refractivity contribution in [2.24, 2.45) is 11.0 Å². The number of nitrogens with zero attached hydrogens (tertiary/aromatic N) is 1. The zero-order valence-electron chi connectivity index (χ0n) is 9.71. The summed E-state index contributed by atoms with van der Waals surface area (Å²) in [5.41, 5.74) is 2.49. The number of nitrogens with one attached hydrogen (secondary N) is 1. The first-order valence-corrected chi connectivity index (χ1v) is 5.64. The van der Waals surface area contributed by atoms with Crippen molar-refractivity contribution in [1.82, 2.24) is 5.43 Å². The van der Waals surface area contributed by atoms with Crippen LogP contribution in [0.3, 0.4) is 0 Å². The van der Waals surface area contributed by atoms with E-state index in [1.807, 2.05) is 13.8 Å². The van der Waals surface area contributed by atoms with E-state index in [2.05, 4.69) is 10.5 Å². The largest absolute Gasteiger partial charge is 0.273 e. The summed E-state index contributed by atoms with van der Waals surface area (Å²) < 4.78 is 13.3. The van der Waals surface area contributed by atoms with Crippen molar-refractivity contribution in [2.75, 3.05) is 0 Å². The molecule has 0 saturated carbocycles. The van der Waals surface area contributed by atoms with Crippen LogP contribution in [0, 0.1) is 11.7 Å². The molecule has 0 radical (unpaired) electrons. The van der Waals surface area contributed by atoms with Crippen LogP contribution in [-0.2, 0) is 4.79 Å². The third kappa shape index (κ3) is 4.53. The summed E-state index contributed by atoms with van der Waals surface area (Å²) in [7, 11) is 0. The second kappa shape index (κ2) is 6.35. The Balaban J connectivity index is 2.63. The van der Waals surface area contributed by atoms with Crippen molar-refractivity contribution in [1.29, 1.82) is 0 Å². The van der Waals surface area contributed by atoms with Crippen molar-refractivity contribution >= 4 is 23.7 Å². The standard InChI is InChI=1S/C12H14ClFN2O/c1-8(2)6-12(17)16-15-7-9-10(13)4-3-5-11(9)14/h3-5,7-8H,6H2,1-2H3,(H,16,17)/b15-7-. The van der Waals surface area contributed by atoms with E-state index in [4.69, 9.17) is 11.6 Å². The van der Waals surface area contributed by atoms with Crippen LogP contribution in [-0.4, -0.2) is 12.1 Å². The Hall–Kier alpha value is -1.42. The van der Waals surface area contributed by atoms with Gasteiger partial charge in [0.05, 0.1) is 11.2 Å². The van der Waals surface area contributed by atoms with E-state index in [9.17, 15) is 9.18 Å². The Kier molecular flexibility index (Phi) is 5.10. The molecule has 0 aliphatic heterocycles. The number of carbonyl (C=O) groups excluding carboxylic acids is 1. The van der Waals surface area contributed by atoms with Gasteiger partial charge in [-0.05, 0) is 18.1 Å². The molecular weight excluding hydrogens is 243 g/mol. The zero-order chi connectivity index (χ0) is 12.8. The van der Waals surface area contributed by atoms with Gasteiger partial charge < -0.3 is 0 Å². The van der Waals surface area contributed by atoms with Crippen molar-refractivity contribution in [3.05, 3.63) is 34.6 Å². The molecule has 92 valence electrons. The molecule has 0 spiro atoms. The minimum absolute atomic E-state index is 0.166. The molecule has 0 saturated heterocycles. The summed E-state index contributed by atoms with van der Waals surface area (Å²) in [4.78, 5) is 11.3. The molecular formula is C12H14ClFN2O. The van der Waals surface area contributed by atoms with E-state index in [1.165, 1.54) is 18.3 Å². The summed E-state index contributed by atoms with van der Waals surface area (Å²) in [6.45, 7) is 3.86. The number of rotatable bonds is 4. The van der Waals surface area contributed by atoms with Gasteiger partial charge in [-0.3, -0.25) is 4.79 Å². The Morgan fingerprint density at radius 3 is 2.88 bits per heavy atom. The number of amides is 1. The molecule has 1 amide bonds. The predicted molar refractivity (Wildman–Crippen MR) is 66.6 cm³/mol. The Morgan fingerprint density at radius 2 is 2.29 bits per heavy atom. The van der Waals surface area contributed by atoms with Crippen LogP contribution in [0.25, 0.3) is 0 Å². The second-order valence-corrected chi connectivity index (χ2v) is 4.43. The molecule has 0 bridgehead atoms. The number of benzene rings is 1. The lowest BCUT2D eigenvalue weighted by atomic mass is 10.1. The first-order chi connectivity index (χ1) is 8.00. The van der Waals surface area contributed by atoms with Gasteiger partial charge in [-0.2, -0.15) is 5.10 Å². The summed E-state index contributed by atoms with van der Waals surface area (Å²) in [5, 5.41) is 3.92. The van der Waals surface area contributed by atoms with Crippen LogP contribution in [0.4, 0.5) is 4.39 Å². The molecule has 17 heavy (non-hydrogen) atoms. The molecule has 5 heteroatoms. The van der Waals surface area contributed by atoms with Crippen LogP contribution in [0.15, 0.2) is 23.3 Å². The van der Waals surface area contributed by atoms with E-state index < -0.39 is 5.82 Å². The Labute approximate surface area is 105 Å². The molecule has 1 aromatic carbocycles. The predicted octanol–water partition coefficient (Wildman–Crippen LogP) is 2.98. The monoisotopic (exact) mass is 256 g/mol. The van der Waals surface area contributed by atoms with Crippen LogP contribution in [0.1, 0.15) is 25.8 Å². The van der Waals surface area contributed by atoms with Crippen LogP contribution in [0.2, 0.25) is 5.02 Å². The highest BCUT2D eigenvalue weighted by atomic mass is 35.5. The number of hydrogen-bond donors (Lipinski definition) is 1. The molecule has 0 aliphatic rings. The van der Waals surface area contributed by atoms with Crippen LogP contribution in [0.5, 0.6) is 0 Å². The topological polar surface area (TPSA) is 41.5 Å². The first kappa shape index (κ1) is 13.6. The van der Waals surface area contributed by atoms with Gasteiger partial charge in [0.15, 0.2) is 0 Å². The van der Waals surface area contributed by atoms with Gasteiger partial charge in [0, 0.05) is 12.0 Å². The Bertz CT molecular complexity index is 412. The molecule has 0 unspecified atom stereocenters. The first-order valence-electron chi connectivity index (χ1n) is 5.26. The molecule has 1 rings (SSSR count). The smallest absolute Gasteiger partial charge is 0.240 e. The third-order valence-electron chi connectivity index (χ3n) is 1.98. The average molecular weight is 257 g/mol. The molecule has 0 fully saturated rings. The lowest BCUT2D eigenvalue weighted by molar-refractivity contribution is -0.121. The van der Waals surface area contributed by atoms with Crippen LogP contribution >= 0.6 is 11.6 Å². The van der Waals surface area contributed by atoms with E-state index >= 15 is 0 Å². The van der Waals surface area contributed by atoms with Crippen molar-refractivity contribution in [2.45, 2.75) is 20.3 Å². The van der Waals surface area contributed by atoms with E-state index in [0.717, 1.165) is 0 Å². The maximum atomic E-state index is 13.3. The summed E-state index contributed by atoms with van der Waals surface area (Å²) in [5.74, 6) is -0.426. The lowest BCUT2D eigenvalue weighted by Gasteiger charge is -2.02. The van der Waals surface area contributed by atoms with E-state index in [1.54, 1.807) is 6.07 Å². The SMILES string of the molecule is CC(C)CC(=O)N/N=C\c1c(F)cccc1Cl. The maximum absolute atomic E-state index is 13.3. The molecule has 1 N–H and O–H groups in total. The fourth-order valence-electron chi connectivity index (χ4n) is 1.22. The van der Waals surface area contributed by atoms with Gasteiger partial charge in [0.2, 0.25) is 5.91 Å². The quantitative estimate of drug-likeness (QED) is 0.653. The summed E-state index contributed by atoms with van der Waals surface area (Å²) >= 11 is 5.79. The normalized spacial score (nSPS) is 11.1. The van der Waals surface area contributed by atoms with Gasteiger partial charge in [0.25, 0.3) is 0 Å². The second-order valence-electron chi connectivity index (χ2n) is 4.03. The molecule has 0 heterocycles. The van der Waals surface area contributed by atoms with Crippen molar-refractivity contribution in [3.63, 3.8) is 0 Å². The summed E-state index contributed by atoms with van der Waals surface area (Å²) in [6, 6.07) is 4.34. The zero-order valence-corrected chi connectivity index (χ0v) is 10.5. The molecule has 3 nitrogen and oxygen atoms in total. The van der Waals surface area contributed by atoms with Gasteiger partial charge in [-0.25, -0.2) is 9.82 Å². The highest BCUT2D eigenvalue weighted by Crippen LogP contribution is 2.16. The molecule has 1 aromatic rings. The van der Waals surface area contributed by atoms with Crippen LogP contribution < -0.4 is 5.43 Å². The fourth-order valence-corrected chi connectivity index (χ4v) is 1.43. The van der Waals surface area contributed by atoms with E-state index in [-0.39, 0.29) is 22.4 Å². The maximum Gasteiger partial charge on any atom is 0.240 e. The molecule has 0 aliphatic carbocycles. The van der Waals surface area contributed by atoms with Gasteiger partial charge in [0.1, 0.15) is 5.82 Å². The van der Waals surface area contributed by atoms with Crippen molar-refractivity contribution in [3.8, 4) is 0 Å². The van der Waals surface area contributed by atoms with Gasteiger partial charge in [-0.1, -0.05) is 31.5 Å². The minimum Gasteiger partial charge on any atom is -0.273 e. The van der Waals surface area contributed by atoms with Crippen molar-refractivity contribution < 1.29 is 9.18 Å². The summed E-state index contributed by atoms with van der Waals surface area (Å²) in [6.07, 6.45) is 1.58. The number of halogens is 2. The highest BCUT2D eigenvalue weighted by molar-refractivity contribution is 6.33. The van der Waals surface area contributed by atoms with E-state index in [0.29, 0.717) is 6.42 Å². The lowest BCUT2D eigenvalue weighted by Crippen LogP contribution is -2.19. The minimum atomic E-state index is -0.473. The average Bonchev–Trinajstić information content (AvgIpc) is 2.21.